The summed E-state index contributed by atoms with van der Waals surface area (Å²) in [6.07, 6.45) is 2.22. The standard InChI is InChI=1S/C10H14N2O4/c1-3-4-7(10(14)15)12-9(13)8-6(2)16-5-11-8/h5,7H,3-4H2,1-2H3,(H,12,13)(H,14,15)/t7-/m0/s1. The molecule has 1 aromatic heterocycles. The van der Waals surface area contributed by atoms with Crippen LogP contribution >= 0.6 is 0 Å². The molecule has 0 radical (unpaired) electrons. The zero-order chi connectivity index (χ0) is 12.1. The summed E-state index contributed by atoms with van der Waals surface area (Å²) in [6.45, 7) is 3.45. The van der Waals surface area contributed by atoms with Crippen molar-refractivity contribution in [1.82, 2.24) is 10.3 Å². The van der Waals surface area contributed by atoms with Gasteiger partial charge in [-0.05, 0) is 13.3 Å². The minimum atomic E-state index is -1.05. The van der Waals surface area contributed by atoms with Gasteiger partial charge in [-0.25, -0.2) is 9.78 Å². The lowest BCUT2D eigenvalue weighted by Crippen LogP contribution is -2.41. The van der Waals surface area contributed by atoms with Gasteiger partial charge in [0.2, 0.25) is 0 Å². The number of carboxylic acids is 1. The topological polar surface area (TPSA) is 92.4 Å². The molecule has 1 heterocycles. The van der Waals surface area contributed by atoms with Crippen molar-refractivity contribution in [3.63, 3.8) is 0 Å². The van der Waals surface area contributed by atoms with E-state index in [1.54, 1.807) is 6.92 Å². The van der Waals surface area contributed by atoms with E-state index in [0.717, 1.165) is 6.39 Å². The van der Waals surface area contributed by atoms with Crippen LogP contribution < -0.4 is 5.32 Å². The first-order valence-electron chi connectivity index (χ1n) is 5.00. The highest BCUT2D eigenvalue weighted by atomic mass is 16.4. The van der Waals surface area contributed by atoms with E-state index >= 15 is 0 Å². The highest BCUT2D eigenvalue weighted by Gasteiger charge is 2.22. The van der Waals surface area contributed by atoms with Gasteiger partial charge in [0, 0.05) is 0 Å². The molecule has 0 aromatic carbocycles. The normalized spacial score (nSPS) is 12.1. The Hall–Kier alpha value is -1.85. The first-order valence-corrected chi connectivity index (χ1v) is 5.00. The van der Waals surface area contributed by atoms with Gasteiger partial charge in [0.1, 0.15) is 11.8 Å². The molecule has 1 amide bonds. The maximum atomic E-state index is 11.6. The Balaban J connectivity index is 2.69. The number of aliphatic carboxylic acids is 1. The predicted molar refractivity (Wildman–Crippen MR) is 55.0 cm³/mol. The lowest BCUT2D eigenvalue weighted by molar-refractivity contribution is -0.139. The summed E-state index contributed by atoms with van der Waals surface area (Å²) in [5.74, 6) is -1.19. The van der Waals surface area contributed by atoms with Crippen LogP contribution in [0.2, 0.25) is 0 Å². The zero-order valence-electron chi connectivity index (χ0n) is 9.19. The lowest BCUT2D eigenvalue weighted by Gasteiger charge is -2.12. The van der Waals surface area contributed by atoms with Crippen LogP contribution in [-0.4, -0.2) is 28.0 Å². The molecule has 0 saturated heterocycles. The number of rotatable bonds is 5. The minimum absolute atomic E-state index is 0.127. The second-order valence-corrected chi connectivity index (χ2v) is 3.41. The van der Waals surface area contributed by atoms with Crippen molar-refractivity contribution in [2.75, 3.05) is 0 Å². The first-order chi connectivity index (χ1) is 7.56. The molecule has 6 nitrogen and oxygen atoms in total. The van der Waals surface area contributed by atoms with Gasteiger partial charge in [-0.15, -0.1) is 0 Å². The van der Waals surface area contributed by atoms with Crippen LogP contribution in [0.1, 0.15) is 36.0 Å². The Morgan fingerprint density at radius 3 is 2.75 bits per heavy atom. The van der Waals surface area contributed by atoms with Crippen molar-refractivity contribution < 1.29 is 19.1 Å². The smallest absolute Gasteiger partial charge is 0.326 e. The van der Waals surface area contributed by atoms with E-state index in [0.29, 0.717) is 18.6 Å². The van der Waals surface area contributed by atoms with Crippen LogP contribution in [-0.2, 0) is 4.79 Å². The summed E-state index contributed by atoms with van der Waals surface area (Å²) < 4.78 is 4.87. The fraction of sp³-hybridized carbons (Fsp3) is 0.500. The molecule has 0 aliphatic rings. The van der Waals surface area contributed by atoms with Crippen LogP contribution in [0.25, 0.3) is 0 Å². The Labute approximate surface area is 92.7 Å². The summed E-state index contributed by atoms with van der Waals surface area (Å²) in [5, 5.41) is 11.3. The molecule has 16 heavy (non-hydrogen) atoms. The van der Waals surface area contributed by atoms with Gasteiger partial charge in [0.25, 0.3) is 5.91 Å². The third-order valence-corrected chi connectivity index (χ3v) is 2.14. The number of carboxylic acid groups (broad SMARTS) is 1. The Kier molecular flexibility index (Phi) is 4.04. The van der Waals surface area contributed by atoms with E-state index in [9.17, 15) is 9.59 Å². The van der Waals surface area contributed by atoms with Crippen LogP contribution in [0.3, 0.4) is 0 Å². The summed E-state index contributed by atoms with van der Waals surface area (Å²) in [4.78, 5) is 26.2. The molecule has 0 fully saturated rings. The number of hydrogen-bond acceptors (Lipinski definition) is 4. The van der Waals surface area contributed by atoms with Crippen molar-refractivity contribution in [1.29, 1.82) is 0 Å². The van der Waals surface area contributed by atoms with E-state index in [1.807, 2.05) is 6.92 Å². The fourth-order valence-corrected chi connectivity index (χ4v) is 1.30. The molecule has 1 atom stereocenters. The summed E-state index contributed by atoms with van der Waals surface area (Å²) in [7, 11) is 0. The van der Waals surface area contributed by atoms with E-state index in [4.69, 9.17) is 9.52 Å². The monoisotopic (exact) mass is 226 g/mol. The molecular formula is C10H14N2O4. The molecule has 0 spiro atoms. The molecule has 0 aliphatic heterocycles. The van der Waals surface area contributed by atoms with E-state index < -0.39 is 17.9 Å². The van der Waals surface area contributed by atoms with Crippen molar-refractivity contribution in [3.8, 4) is 0 Å². The van der Waals surface area contributed by atoms with Crippen molar-refractivity contribution >= 4 is 11.9 Å². The van der Waals surface area contributed by atoms with E-state index in [-0.39, 0.29) is 5.69 Å². The number of nitrogens with one attached hydrogen (secondary N) is 1. The number of amides is 1. The number of nitrogens with zero attached hydrogens (tertiary/aromatic N) is 1. The SMILES string of the molecule is CCC[C@H](NC(=O)c1ncoc1C)C(=O)O. The number of aromatic nitrogens is 1. The second-order valence-electron chi connectivity index (χ2n) is 3.41. The third-order valence-electron chi connectivity index (χ3n) is 2.14. The Morgan fingerprint density at radius 2 is 2.31 bits per heavy atom. The van der Waals surface area contributed by atoms with Gasteiger partial charge in [0.05, 0.1) is 0 Å². The minimum Gasteiger partial charge on any atom is -0.480 e. The molecule has 1 aromatic rings. The number of carbonyl (C=O) groups excluding carboxylic acids is 1. The largest absolute Gasteiger partial charge is 0.480 e. The zero-order valence-corrected chi connectivity index (χ0v) is 9.19. The highest BCUT2D eigenvalue weighted by Crippen LogP contribution is 2.05. The molecule has 0 saturated carbocycles. The van der Waals surface area contributed by atoms with E-state index in [2.05, 4.69) is 10.3 Å². The number of carbonyl (C=O) groups is 2. The van der Waals surface area contributed by atoms with Gasteiger partial charge in [0.15, 0.2) is 12.1 Å². The van der Waals surface area contributed by atoms with Gasteiger partial charge < -0.3 is 14.8 Å². The molecule has 2 N–H and O–H groups in total. The molecule has 0 bridgehead atoms. The van der Waals surface area contributed by atoms with Crippen molar-refractivity contribution in [2.45, 2.75) is 32.7 Å². The van der Waals surface area contributed by atoms with Crippen molar-refractivity contribution in [2.24, 2.45) is 0 Å². The van der Waals surface area contributed by atoms with E-state index in [1.165, 1.54) is 0 Å². The number of oxazole rings is 1. The van der Waals surface area contributed by atoms with Gasteiger partial charge in [-0.2, -0.15) is 0 Å². The van der Waals surface area contributed by atoms with Gasteiger partial charge in [-0.3, -0.25) is 4.79 Å². The maximum absolute atomic E-state index is 11.6. The number of hydrogen-bond donors (Lipinski definition) is 2. The van der Waals surface area contributed by atoms with Gasteiger partial charge in [-0.1, -0.05) is 13.3 Å². The average molecular weight is 226 g/mol. The van der Waals surface area contributed by atoms with Crippen LogP contribution in [0.5, 0.6) is 0 Å². The molecule has 6 heteroatoms. The molecular weight excluding hydrogens is 212 g/mol. The molecule has 0 aliphatic carbocycles. The lowest BCUT2D eigenvalue weighted by atomic mass is 10.1. The fourth-order valence-electron chi connectivity index (χ4n) is 1.30. The molecule has 88 valence electrons. The Bertz CT molecular complexity index is 386. The van der Waals surface area contributed by atoms with Crippen LogP contribution in [0.15, 0.2) is 10.8 Å². The average Bonchev–Trinajstić information content (AvgIpc) is 2.63. The maximum Gasteiger partial charge on any atom is 0.326 e. The second kappa shape index (κ2) is 5.29. The van der Waals surface area contributed by atoms with Crippen LogP contribution in [0.4, 0.5) is 0 Å². The summed E-state index contributed by atoms with van der Waals surface area (Å²) >= 11 is 0. The first kappa shape index (κ1) is 12.2. The molecule has 1 rings (SSSR count). The van der Waals surface area contributed by atoms with Gasteiger partial charge >= 0.3 is 5.97 Å². The molecule has 0 unspecified atom stereocenters. The van der Waals surface area contributed by atoms with Crippen LogP contribution in [0, 0.1) is 6.92 Å². The summed E-state index contributed by atoms with van der Waals surface area (Å²) in [5.41, 5.74) is 0.127. The predicted octanol–water partition coefficient (Wildman–Crippen LogP) is 0.966. The van der Waals surface area contributed by atoms with Crippen molar-refractivity contribution in [3.05, 3.63) is 17.8 Å². The Morgan fingerprint density at radius 1 is 1.62 bits per heavy atom. The highest BCUT2D eigenvalue weighted by molar-refractivity contribution is 5.95. The quantitative estimate of drug-likeness (QED) is 0.780. The summed E-state index contributed by atoms with van der Waals surface area (Å²) in [6, 6.07) is -0.881. The third kappa shape index (κ3) is 2.82. The number of aryl methyl sites for hydroxylation is 1.